The fourth-order valence-electron chi connectivity index (χ4n) is 3.39. The van der Waals surface area contributed by atoms with Crippen molar-refractivity contribution in [1.29, 1.82) is 0 Å². The average molecular weight is 310 g/mol. The number of hydrogen-bond donors (Lipinski definition) is 0. The second-order valence-electron chi connectivity index (χ2n) is 6.54. The summed E-state index contributed by atoms with van der Waals surface area (Å²) in [4.78, 5) is 11.8. The monoisotopic (exact) mass is 310 g/mol. The number of furan rings is 1. The molecule has 0 spiro atoms. The Kier molecular flexibility index (Phi) is 3.65. The lowest BCUT2D eigenvalue weighted by molar-refractivity contribution is 0.217. The molecule has 0 amide bonds. The van der Waals surface area contributed by atoms with E-state index in [2.05, 4.69) is 21.5 Å². The molecule has 5 nitrogen and oxygen atoms in total. The van der Waals surface area contributed by atoms with Gasteiger partial charge in [0.15, 0.2) is 5.65 Å². The van der Waals surface area contributed by atoms with Gasteiger partial charge in [-0.15, -0.1) is 0 Å². The molecule has 4 heterocycles. The predicted octanol–water partition coefficient (Wildman–Crippen LogP) is 3.21. The van der Waals surface area contributed by atoms with Gasteiger partial charge in [0.25, 0.3) is 0 Å². The van der Waals surface area contributed by atoms with Crippen LogP contribution in [0.5, 0.6) is 0 Å². The summed E-state index contributed by atoms with van der Waals surface area (Å²) in [5.41, 5.74) is 1.81. The summed E-state index contributed by atoms with van der Waals surface area (Å²) >= 11 is 0. The van der Waals surface area contributed by atoms with Gasteiger partial charge < -0.3 is 9.32 Å². The molecule has 1 aliphatic rings. The number of hydrogen-bond acceptors (Lipinski definition) is 4. The van der Waals surface area contributed by atoms with Crippen molar-refractivity contribution in [1.82, 2.24) is 19.4 Å². The molecule has 0 saturated carbocycles. The molecule has 3 aromatic rings. The Morgan fingerprint density at radius 2 is 2.04 bits per heavy atom. The van der Waals surface area contributed by atoms with Gasteiger partial charge in [0.2, 0.25) is 5.88 Å². The Morgan fingerprint density at radius 3 is 2.78 bits per heavy atom. The quantitative estimate of drug-likeness (QED) is 0.745. The standard InChI is InChI=1S/C18H22N4O/c1-13-5-6-17(23-13)22-16(12-14-7-10-21(2)11-8-14)20-15-4-3-9-19-18(15)22/h3-6,9,14H,7-8,10-12H2,1-2H3. The average Bonchev–Trinajstić information content (AvgIpc) is 3.12. The van der Waals surface area contributed by atoms with Crippen molar-refractivity contribution < 1.29 is 4.42 Å². The molecule has 0 aromatic carbocycles. The molecule has 1 fully saturated rings. The highest BCUT2D eigenvalue weighted by atomic mass is 16.4. The van der Waals surface area contributed by atoms with Crippen LogP contribution < -0.4 is 0 Å². The topological polar surface area (TPSA) is 47.1 Å². The summed E-state index contributed by atoms with van der Waals surface area (Å²) in [5.74, 6) is 3.45. The molecule has 0 bridgehead atoms. The highest BCUT2D eigenvalue weighted by Crippen LogP contribution is 2.26. The van der Waals surface area contributed by atoms with Crippen molar-refractivity contribution in [3.05, 3.63) is 42.0 Å². The number of piperidine rings is 1. The largest absolute Gasteiger partial charge is 0.445 e. The number of likely N-dealkylation sites (tertiary alicyclic amines) is 1. The van der Waals surface area contributed by atoms with Gasteiger partial charge in [0, 0.05) is 18.7 Å². The van der Waals surface area contributed by atoms with E-state index < -0.39 is 0 Å². The second-order valence-corrected chi connectivity index (χ2v) is 6.54. The maximum absolute atomic E-state index is 5.86. The van der Waals surface area contributed by atoms with E-state index in [-0.39, 0.29) is 0 Å². The van der Waals surface area contributed by atoms with E-state index in [4.69, 9.17) is 9.40 Å². The molecule has 0 aliphatic carbocycles. The van der Waals surface area contributed by atoms with E-state index >= 15 is 0 Å². The van der Waals surface area contributed by atoms with Gasteiger partial charge in [-0.05, 0) is 64.0 Å². The smallest absolute Gasteiger partial charge is 0.206 e. The lowest BCUT2D eigenvalue weighted by atomic mass is 9.93. The normalized spacial score (nSPS) is 17.1. The Labute approximate surface area is 135 Å². The Morgan fingerprint density at radius 1 is 1.22 bits per heavy atom. The minimum atomic E-state index is 0.679. The van der Waals surface area contributed by atoms with Gasteiger partial charge in [0.1, 0.15) is 17.1 Å². The zero-order valence-corrected chi connectivity index (χ0v) is 13.7. The first-order valence-corrected chi connectivity index (χ1v) is 8.28. The van der Waals surface area contributed by atoms with Gasteiger partial charge in [-0.3, -0.25) is 0 Å². The lowest BCUT2D eigenvalue weighted by Gasteiger charge is -2.28. The number of aryl methyl sites for hydroxylation is 1. The number of imidazole rings is 1. The molecule has 23 heavy (non-hydrogen) atoms. The maximum atomic E-state index is 5.86. The summed E-state index contributed by atoms with van der Waals surface area (Å²) in [6, 6.07) is 7.95. The van der Waals surface area contributed by atoms with Crippen LogP contribution in [-0.2, 0) is 6.42 Å². The van der Waals surface area contributed by atoms with E-state index in [0.717, 1.165) is 35.1 Å². The Balaban J connectivity index is 1.73. The fraction of sp³-hybridized carbons (Fsp3) is 0.444. The van der Waals surface area contributed by atoms with Crippen LogP contribution in [0.15, 0.2) is 34.9 Å². The van der Waals surface area contributed by atoms with Gasteiger partial charge >= 0.3 is 0 Å². The Hall–Kier alpha value is -2.14. The molecular formula is C18H22N4O. The number of aromatic nitrogens is 3. The molecule has 3 aromatic heterocycles. The van der Waals surface area contributed by atoms with Gasteiger partial charge in [0.05, 0.1) is 0 Å². The van der Waals surface area contributed by atoms with Crippen LogP contribution in [0.1, 0.15) is 24.4 Å². The molecular weight excluding hydrogens is 288 g/mol. The van der Waals surface area contributed by atoms with Crippen molar-refractivity contribution in [2.75, 3.05) is 20.1 Å². The summed E-state index contributed by atoms with van der Waals surface area (Å²) < 4.78 is 7.94. The molecule has 0 unspecified atom stereocenters. The van der Waals surface area contributed by atoms with Crippen molar-refractivity contribution >= 4 is 11.2 Å². The molecule has 0 radical (unpaired) electrons. The summed E-state index contributed by atoms with van der Waals surface area (Å²) in [7, 11) is 2.20. The van der Waals surface area contributed by atoms with E-state index in [1.807, 2.05) is 37.4 Å². The van der Waals surface area contributed by atoms with Crippen molar-refractivity contribution in [2.45, 2.75) is 26.2 Å². The number of pyridine rings is 1. The van der Waals surface area contributed by atoms with Crippen molar-refractivity contribution in [2.24, 2.45) is 5.92 Å². The van der Waals surface area contributed by atoms with Crippen LogP contribution in [-0.4, -0.2) is 39.6 Å². The van der Waals surface area contributed by atoms with Crippen LogP contribution in [0.2, 0.25) is 0 Å². The number of rotatable bonds is 3. The first-order valence-electron chi connectivity index (χ1n) is 8.28. The van der Waals surface area contributed by atoms with Gasteiger partial charge in [-0.1, -0.05) is 0 Å². The molecule has 120 valence electrons. The zero-order valence-electron chi connectivity index (χ0n) is 13.7. The second kappa shape index (κ2) is 5.81. The molecule has 4 rings (SSSR count). The summed E-state index contributed by atoms with van der Waals surface area (Å²) in [6.07, 6.45) is 5.24. The zero-order chi connectivity index (χ0) is 15.8. The molecule has 0 atom stereocenters. The Bertz CT molecular complexity index is 811. The minimum absolute atomic E-state index is 0.679. The lowest BCUT2D eigenvalue weighted by Crippen LogP contribution is -2.31. The number of fused-ring (bicyclic) bond motifs is 1. The minimum Gasteiger partial charge on any atom is -0.445 e. The molecule has 1 aliphatic heterocycles. The highest BCUT2D eigenvalue weighted by Gasteiger charge is 2.22. The van der Waals surface area contributed by atoms with Crippen LogP contribution in [0.4, 0.5) is 0 Å². The third-order valence-corrected chi connectivity index (χ3v) is 4.74. The van der Waals surface area contributed by atoms with Crippen molar-refractivity contribution in [3.8, 4) is 5.88 Å². The molecule has 5 heteroatoms. The van der Waals surface area contributed by atoms with Crippen LogP contribution >= 0.6 is 0 Å². The number of nitrogens with zero attached hydrogens (tertiary/aromatic N) is 4. The van der Waals surface area contributed by atoms with Crippen LogP contribution in [0.3, 0.4) is 0 Å². The van der Waals surface area contributed by atoms with E-state index in [9.17, 15) is 0 Å². The summed E-state index contributed by atoms with van der Waals surface area (Å²) in [6.45, 7) is 4.30. The third-order valence-electron chi connectivity index (χ3n) is 4.74. The van der Waals surface area contributed by atoms with Crippen molar-refractivity contribution in [3.63, 3.8) is 0 Å². The first kappa shape index (κ1) is 14.5. The molecule has 0 N–H and O–H groups in total. The van der Waals surface area contributed by atoms with Crippen LogP contribution in [0.25, 0.3) is 17.0 Å². The molecule has 1 saturated heterocycles. The van der Waals surface area contributed by atoms with Gasteiger partial charge in [-0.2, -0.15) is 0 Å². The maximum Gasteiger partial charge on any atom is 0.206 e. The summed E-state index contributed by atoms with van der Waals surface area (Å²) in [5, 5.41) is 0. The highest BCUT2D eigenvalue weighted by molar-refractivity contribution is 5.73. The predicted molar refractivity (Wildman–Crippen MR) is 89.8 cm³/mol. The fourth-order valence-corrected chi connectivity index (χ4v) is 3.39. The van der Waals surface area contributed by atoms with E-state index in [1.54, 1.807) is 0 Å². The van der Waals surface area contributed by atoms with Gasteiger partial charge in [-0.25, -0.2) is 14.5 Å². The van der Waals surface area contributed by atoms with Crippen LogP contribution in [0, 0.1) is 12.8 Å². The van der Waals surface area contributed by atoms with E-state index in [0.29, 0.717) is 5.92 Å². The first-order chi connectivity index (χ1) is 11.2. The van der Waals surface area contributed by atoms with E-state index in [1.165, 1.54) is 25.9 Å². The third kappa shape index (κ3) is 2.77. The SMILES string of the molecule is Cc1ccc(-n2c(CC3CCN(C)CC3)nc3cccnc32)o1.